The summed E-state index contributed by atoms with van der Waals surface area (Å²) >= 11 is 2.78. The molecule has 1 aliphatic heterocycles. The van der Waals surface area contributed by atoms with Crippen molar-refractivity contribution in [3.63, 3.8) is 0 Å². The van der Waals surface area contributed by atoms with Crippen molar-refractivity contribution >= 4 is 35.1 Å². The van der Waals surface area contributed by atoms with Crippen molar-refractivity contribution in [1.82, 2.24) is 9.55 Å². The lowest BCUT2D eigenvalue weighted by atomic mass is 10.1. The lowest BCUT2D eigenvalue weighted by Crippen LogP contribution is -2.27. The normalized spacial score (nSPS) is 12.6. The number of aromatic nitrogens is 2. The van der Waals surface area contributed by atoms with Gasteiger partial charge in [0.1, 0.15) is 5.82 Å². The fourth-order valence-electron chi connectivity index (χ4n) is 3.21. The summed E-state index contributed by atoms with van der Waals surface area (Å²) in [7, 11) is 0. The number of thioether (sulfide) groups is 2. The summed E-state index contributed by atoms with van der Waals surface area (Å²) in [6, 6.07) is 15.7. The number of nitrogens with zero attached hydrogens (tertiary/aromatic N) is 2. The SMILES string of the molecule is O=C(CSc1nc2c(c(=O)n1CCc1ccccc1)SCC2)Nc1cccc(F)c1. The van der Waals surface area contributed by atoms with Crippen molar-refractivity contribution in [3.8, 4) is 0 Å². The van der Waals surface area contributed by atoms with Crippen LogP contribution in [0.2, 0.25) is 0 Å². The van der Waals surface area contributed by atoms with E-state index < -0.39 is 5.82 Å². The Labute approximate surface area is 182 Å². The van der Waals surface area contributed by atoms with Crippen LogP contribution in [0, 0.1) is 5.82 Å². The predicted molar refractivity (Wildman–Crippen MR) is 119 cm³/mol. The van der Waals surface area contributed by atoms with E-state index in [0.29, 0.717) is 23.8 Å². The van der Waals surface area contributed by atoms with Crippen LogP contribution in [-0.4, -0.2) is 27.0 Å². The molecule has 1 aromatic heterocycles. The van der Waals surface area contributed by atoms with Crippen LogP contribution >= 0.6 is 23.5 Å². The van der Waals surface area contributed by atoms with Gasteiger partial charge in [-0.15, -0.1) is 11.8 Å². The van der Waals surface area contributed by atoms with Gasteiger partial charge in [0.25, 0.3) is 5.56 Å². The van der Waals surface area contributed by atoms with Crippen LogP contribution in [0.25, 0.3) is 0 Å². The maximum Gasteiger partial charge on any atom is 0.268 e. The number of benzene rings is 2. The Bertz CT molecular complexity index is 1120. The Morgan fingerprint density at radius 2 is 2.03 bits per heavy atom. The Morgan fingerprint density at radius 1 is 1.20 bits per heavy atom. The molecule has 4 rings (SSSR count). The minimum absolute atomic E-state index is 0.0357. The molecule has 1 aliphatic rings. The number of hydrogen-bond acceptors (Lipinski definition) is 5. The summed E-state index contributed by atoms with van der Waals surface area (Å²) in [4.78, 5) is 30.8. The molecule has 3 aromatic rings. The minimum Gasteiger partial charge on any atom is -0.325 e. The first kappa shape index (κ1) is 20.7. The lowest BCUT2D eigenvalue weighted by Gasteiger charge is -2.14. The second kappa shape index (κ2) is 9.49. The van der Waals surface area contributed by atoms with Crippen molar-refractivity contribution in [2.75, 3.05) is 16.8 Å². The molecular weight excluding hydrogens is 421 g/mol. The maximum absolute atomic E-state index is 13.3. The average molecular weight is 442 g/mol. The van der Waals surface area contributed by atoms with Crippen molar-refractivity contribution in [2.45, 2.75) is 29.4 Å². The van der Waals surface area contributed by atoms with Gasteiger partial charge in [-0.1, -0.05) is 48.2 Å². The Balaban J connectivity index is 1.50. The molecule has 0 aliphatic carbocycles. The molecule has 0 atom stereocenters. The second-order valence-corrected chi connectivity index (χ2v) is 8.86. The smallest absolute Gasteiger partial charge is 0.268 e. The summed E-state index contributed by atoms with van der Waals surface area (Å²) in [5.41, 5.74) is 2.32. The van der Waals surface area contributed by atoms with Crippen LogP contribution in [0.3, 0.4) is 0 Å². The van der Waals surface area contributed by atoms with Crippen LogP contribution in [0.15, 0.2) is 69.4 Å². The van der Waals surface area contributed by atoms with Crippen molar-refractivity contribution in [3.05, 3.63) is 82.0 Å². The monoisotopic (exact) mass is 441 g/mol. The highest BCUT2D eigenvalue weighted by Crippen LogP contribution is 2.29. The number of hydrogen-bond donors (Lipinski definition) is 1. The van der Waals surface area contributed by atoms with Gasteiger partial charge in [0.15, 0.2) is 5.16 Å². The number of rotatable bonds is 7. The van der Waals surface area contributed by atoms with E-state index in [1.54, 1.807) is 28.5 Å². The van der Waals surface area contributed by atoms with E-state index in [4.69, 9.17) is 0 Å². The fraction of sp³-hybridized carbons (Fsp3) is 0.227. The first-order chi connectivity index (χ1) is 14.6. The van der Waals surface area contributed by atoms with Crippen LogP contribution in [0.5, 0.6) is 0 Å². The zero-order chi connectivity index (χ0) is 20.9. The molecule has 0 bridgehead atoms. The minimum atomic E-state index is -0.409. The van der Waals surface area contributed by atoms with E-state index in [1.165, 1.54) is 23.9 Å². The molecule has 0 fully saturated rings. The van der Waals surface area contributed by atoms with E-state index in [1.807, 2.05) is 30.3 Å². The molecular formula is C22H20FN3O2S2. The molecule has 1 N–H and O–H groups in total. The number of carbonyl (C=O) groups excluding carboxylic acids is 1. The molecule has 2 aromatic carbocycles. The van der Waals surface area contributed by atoms with E-state index in [9.17, 15) is 14.0 Å². The quantitative estimate of drug-likeness (QED) is 0.443. The number of halogens is 1. The van der Waals surface area contributed by atoms with Gasteiger partial charge in [-0.05, 0) is 30.2 Å². The predicted octanol–water partition coefficient (Wildman–Crippen LogP) is 4.00. The van der Waals surface area contributed by atoms with Crippen molar-refractivity contribution < 1.29 is 9.18 Å². The molecule has 0 saturated heterocycles. The van der Waals surface area contributed by atoms with Gasteiger partial charge in [0.05, 0.1) is 16.3 Å². The first-order valence-corrected chi connectivity index (χ1v) is 11.6. The number of fused-ring (bicyclic) bond motifs is 1. The molecule has 154 valence electrons. The topological polar surface area (TPSA) is 64.0 Å². The summed E-state index contributed by atoms with van der Waals surface area (Å²) in [5, 5.41) is 3.23. The zero-order valence-corrected chi connectivity index (χ0v) is 17.8. The molecule has 0 saturated carbocycles. The number of amides is 1. The highest BCUT2D eigenvalue weighted by Gasteiger charge is 2.22. The Morgan fingerprint density at radius 3 is 2.83 bits per heavy atom. The molecule has 0 unspecified atom stereocenters. The van der Waals surface area contributed by atoms with E-state index in [0.717, 1.165) is 28.3 Å². The van der Waals surface area contributed by atoms with Crippen molar-refractivity contribution in [1.29, 1.82) is 0 Å². The van der Waals surface area contributed by atoms with Crippen molar-refractivity contribution in [2.24, 2.45) is 0 Å². The molecule has 30 heavy (non-hydrogen) atoms. The van der Waals surface area contributed by atoms with Crippen LogP contribution in [0.1, 0.15) is 11.3 Å². The number of anilines is 1. The molecule has 0 spiro atoms. The first-order valence-electron chi connectivity index (χ1n) is 9.59. The third-order valence-corrected chi connectivity index (χ3v) is 6.74. The summed E-state index contributed by atoms with van der Waals surface area (Å²) in [5.74, 6) is 0.252. The van der Waals surface area contributed by atoms with Gasteiger partial charge in [0.2, 0.25) is 5.91 Å². The number of aryl methyl sites for hydroxylation is 2. The fourth-order valence-corrected chi connectivity index (χ4v) is 5.09. The van der Waals surface area contributed by atoms with Gasteiger partial charge in [-0.25, -0.2) is 9.37 Å². The standard InChI is InChI=1S/C22H20FN3O2S2/c23-16-7-4-8-17(13-16)24-19(27)14-30-22-25-18-10-12-29-20(18)21(28)26(22)11-9-15-5-2-1-3-6-15/h1-8,13H,9-12,14H2,(H,24,27). The molecule has 0 radical (unpaired) electrons. The van der Waals surface area contributed by atoms with Gasteiger partial charge in [0, 0.05) is 24.4 Å². The van der Waals surface area contributed by atoms with Gasteiger partial charge in [-0.2, -0.15) is 0 Å². The third kappa shape index (κ3) is 4.94. The second-order valence-electron chi connectivity index (χ2n) is 6.81. The molecule has 1 amide bonds. The van der Waals surface area contributed by atoms with E-state index in [-0.39, 0.29) is 17.2 Å². The molecule has 2 heterocycles. The largest absolute Gasteiger partial charge is 0.325 e. The summed E-state index contributed by atoms with van der Waals surface area (Å²) in [6.07, 6.45) is 1.47. The van der Waals surface area contributed by atoms with Crippen LogP contribution in [-0.2, 0) is 24.2 Å². The highest BCUT2D eigenvalue weighted by atomic mass is 32.2. The van der Waals surface area contributed by atoms with Gasteiger partial charge in [-0.3, -0.25) is 14.2 Å². The lowest BCUT2D eigenvalue weighted by molar-refractivity contribution is -0.113. The third-order valence-electron chi connectivity index (χ3n) is 4.66. The Hall–Kier alpha value is -2.58. The summed E-state index contributed by atoms with van der Waals surface area (Å²) < 4.78 is 15.0. The number of nitrogens with one attached hydrogen (secondary N) is 1. The Kier molecular flexibility index (Phi) is 6.54. The zero-order valence-electron chi connectivity index (χ0n) is 16.1. The molecule has 8 heteroatoms. The van der Waals surface area contributed by atoms with E-state index in [2.05, 4.69) is 10.3 Å². The molecule has 5 nitrogen and oxygen atoms in total. The maximum atomic E-state index is 13.3. The number of carbonyl (C=O) groups is 1. The van der Waals surface area contributed by atoms with Crippen LogP contribution in [0.4, 0.5) is 10.1 Å². The van der Waals surface area contributed by atoms with Crippen LogP contribution < -0.4 is 10.9 Å². The van der Waals surface area contributed by atoms with E-state index >= 15 is 0 Å². The summed E-state index contributed by atoms with van der Waals surface area (Å²) in [6.45, 7) is 0.498. The van der Waals surface area contributed by atoms with Gasteiger partial charge < -0.3 is 5.32 Å². The highest BCUT2D eigenvalue weighted by molar-refractivity contribution is 8.00. The average Bonchev–Trinajstić information content (AvgIpc) is 3.21. The van der Waals surface area contributed by atoms with Gasteiger partial charge >= 0.3 is 0 Å².